The lowest BCUT2D eigenvalue weighted by atomic mass is 10.2. The van der Waals surface area contributed by atoms with Crippen molar-refractivity contribution in [3.05, 3.63) is 35.9 Å². The number of fused-ring (bicyclic) bond motifs is 1. The van der Waals surface area contributed by atoms with E-state index >= 15 is 0 Å². The summed E-state index contributed by atoms with van der Waals surface area (Å²) in [5.41, 5.74) is 6.62. The van der Waals surface area contributed by atoms with Gasteiger partial charge >= 0.3 is 0 Å². The maximum absolute atomic E-state index is 14.3. The van der Waals surface area contributed by atoms with Crippen molar-refractivity contribution in [2.24, 2.45) is 0 Å². The van der Waals surface area contributed by atoms with Gasteiger partial charge in [-0.15, -0.1) is 0 Å². The van der Waals surface area contributed by atoms with Gasteiger partial charge in [-0.1, -0.05) is 12.1 Å². The summed E-state index contributed by atoms with van der Waals surface area (Å²) in [5, 5.41) is 0. The Labute approximate surface area is 167 Å². The molecule has 0 amide bonds. The van der Waals surface area contributed by atoms with Crippen LogP contribution in [0.5, 0.6) is 0 Å². The number of ether oxygens (including phenoxy) is 1. The van der Waals surface area contributed by atoms with Crippen LogP contribution in [0.25, 0.3) is 11.0 Å². The molecule has 29 heavy (non-hydrogen) atoms. The molecular weight excluding hydrogens is 397 g/mol. The molecule has 2 atom stereocenters. The van der Waals surface area contributed by atoms with Crippen LogP contribution < -0.4 is 10.6 Å². The third-order valence-corrected chi connectivity index (χ3v) is 6.70. The van der Waals surface area contributed by atoms with Gasteiger partial charge in [-0.25, -0.2) is 22.8 Å². The summed E-state index contributed by atoms with van der Waals surface area (Å²) in [6.45, 7) is 6.78. The maximum Gasteiger partial charge on any atom is 0.215 e. The van der Waals surface area contributed by atoms with E-state index in [4.69, 9.17) is 10.5 Å². The molecule has 1 aliphatic rings. The highest BCUT2D eigenvalue weighted by molar-refractivity contribution is 7.92. The van der Waals surface area contributed by atoms with Crippen molar-refractivity contribution in [1.82, 2.24) is 15.0 Å². The standard InChI is InChI=1S/C19H22FN5O3S/c1-10-8-25(9-11(2)28-10)19-16-15(22-12(3)23-19)17(18(21)24-16)29(26,27)14-7-5-4-6-13(14)20/h4-7,10-11,24H,8-9,21H2,1-3H3/t10-,11+. The smallest absolute Gasteiger partial charge is 0.215 e. The molecule has 3 aromatic rings. The summed E-state index contributed by atoms with van der Waals surface area (Å²) < 4.78 is 46.5. The Morgan fingerprint density at radius 1 is 1.21 bits per heavy atom. The summed E-state index contributed by atoms with van der Waals surface area (Å²) in [5.74, 6) is 0.00121. The summed E-state index contributed by atoms with van der Waals surface area (Å²) >= 11 is 0. The first-order valence-corrected chi connectivity index (χ1v) is 10.7. The first-order valence-electron chi connectivity index (χ1n) is 9.24. The van der Waals surface area contributed by atoms with E-state index in [0.29, 0.717) is 30.2 Å². The van der Waals surface area contributed by atoms with Crippen LogP contribution in [-0.4, -0.2) is 48.7 Å². The Morgan fingerprint density at radius 3 is 2.52 bits per heavy atom. The van der Waals surface area contributed by atoms with Crippen LogP contribution in [0.1, 0.15) is 19.7 Å². The van der Waals surface area contributed by atoms with Gasteiger partial charge < -0.3 is 20.4 Å². The lowest BCUT2D eigenvalue weighted by Crippen LogP contribution is -2.46. The molecule has 0 bridgehead atoms. The Balaban J connectivity index is 1.94. The van der Waals surface area contributed by atoms with E-state index < -0.39 is 20.5 Å². The fourth-order valence-corrected chi connectivity index (χ4v) is 5.33. The van der Waals surface area contributed by atoms with Gasteiger partial charge in [0.1, 0.15) is 38.3 Å². The number of benzene rings is 1. The van der Waals surface area contributed by atoms with E-state index in [2.05, 4.69) is 15.0 Å². The highest BCUT2D eigenvalue weighted by atomic mass is 32.2. The lowest BCUT2D eigenvalue weighted by Gasteiger charge is -2.36. The number of aryl methyl sites for hydroxylation is 1. The summed E-state index contributed by atoms with van der Waals surface area (Å²) in [7, 11) is -4.23. The van der Waals surface area contributed by atoms with Crippen molar-refractivity contribution in [2.75, 3.05) is 23.7 Å². The average molecular weight is 419 g/mol. The van der Waals surface area contributed by atoms with Crippen molar-refractivity contribution in [2.45, 2.75) is 42.8 Å². The van der Waals surface area contributed by atoms with Crippen LogP contribution in [0.4, 0.5) is 16.0 Å². The minimum atomic E-state index is -4.23. The maximum atomic E-state index is 14.3. The largest absolute Gasteiger partial charge is 0.384 e. The number of H-pyrrole nitrogens is 1. The van der Waals surface area contributed by atoms with Gasteiger partial charge in [0, 0.05) is 13.1 Å². The number of nitrogens with one attached hydrogen (secondary N) is 1. The molecule has 8 nitrogen and oxygen atoms in total. The van der Waals surface area contributed by atoms with E-state index in [1.807, 2.05) is 18.7 Å². The molecule has 1 fully saturated rings. The molecule has 0 radical (unpaired) electrons. The number of hydrogen-bond donors (Lipinski definition) is 2. The van der Waals surface area contributed by atoms with Crippen LogP contribution in [0.3, 0.4) is 0 Å². The predicted octanol–water partition coefficient (Wildman–Crippen LogP) is 2.43. The molecule has 3 heterocycles. The number of nitrogens with two attached hydrogens (primary N) is 1. The molecule has 1 aromatic carbocycles. The van der Waals surface area contributed by atoms with Gasteiger partial charge in [-0.3, -0.25) is 0 Å². The van der Waals surface area contributed by atoms with Crippen molar-refractivity contribution < 1.29 is 17.5 Å². The highest BCUT2D eigenvalue weighted by Gasteiger charge is 2.32. The third-order valence-electron chi connectivity index (χ3n) is 4.84. The molecule has 0 saturated carbocycles. The zero-order valence-electron chi connectivity index (χ0n) is 16.3. The van der Waals surface area contributed by atoms with Gasteiger partial charge in [0.2, 0.25) is 9.84 Å². The van der Waals surface area contributed by atoms with Crippen LogP contribution in [-0.2, 0) is 14.6 Å². The molecular formula is C19H22FN5O3S. The van der Waals surface area contributed by atoms with E-state index in [9.17, 15) is 12.8 Å². The van der Waals surface area contributed by atoms with Crippen LogP contribution in [0.2, 0.25) is 0 Å². The molecule has 154 valence electrons. The molecule has 1 aliphatic heterocycles. The second-order valence-electron chi connectivity index (χ2n) is 7.28. The molecule has 1 saturated heterocycles. The second kappa shape index (κ2) is 6.96. The third kappa shape index (κ3) is 3.32. The summed E-state index contributed by atoms with van der Waals surface area (Å²) in [4.78, 5) is 13.1. The number of sulfone groups is 1. The minimum absolute atomic E-state index is 0.0157. The quantitative estimate of drug-likeness (QED) is 0.670. The first kappa shape index (κ1) is 19.6. The van der Waals surface area contributed by atoms with Crippen molar-refractivity contribution in [1.29, 1.82) is 0 Å². The second-order valence-corrected chi connectivity index (χ2v) is 9.14. The van der Waals surface area contributed by atoms with E-state index in [1.165, 1.54) is 18.2 Å². The molecule has 0 spiro atoms. The summed E-state index contributed by atoms with van der Waals surface area (Å²) in [6, 6.07) is 5.20. The number of anilines is 2. The number of nitrogens with zero attached hydrogens (tertiary/aromatic N) is 3. The zero-order valence-corrected chi connectivity index (χ0v) is 17.1. The SMILES string of the molecule is Cc1nc(N2C[C@@H](C)O[C@@H](C)C2)c2[nH]c(N)c(S(=O)(=O)c3ccccc3F)c2n1. The molecule has 0 aliphatic carbocycles. The molecule has 2 aromatic heterocycles. The molecule has 3 N–H and O–H groups in total. The number of aromatic nitrogens is 3. The number of nitrogen functional groups attached to an aromatic ring is 1. The average Bonchev–Trinajstić information content (AvgIpc) is 2.96. The fourth-order valence-electron chi connectivity index (χ4n) is 3.78. The van der Waals surface area contributed by atoms with E-state index in [1.54, 1.807) is 6.92 Å². The van der Waals surface area contributed by atoms with Gasteiger partial charge in [-0.05, 0) is 32.9 Å². The number of rotatable bonds is 3. The number of aromatic amines is 1. The lowest BCUT2D eigenvalue weighted by molar-refractivity contribution is -0.00539. The van der Waals surface area contributed by atoms with Crippen molar-refractivity contribution >= 4 is 32.5 Å². The predicted molar refractivity (Wildman–Crippen MR) is 107 cm³/mol. The van der Waals surface area contributed by atoms with Crippen LogP contribution in [0, 0.1) is 12.7 Å². The van der Waals surface area contributed by atoms with Gasteiger partial charge in [0.05, 0.1) is 12.2 Å². The first-order chi connectivity index (χ1) is 13.7. The number of halogens is 1. The molecule has 4 rings (SSSR count). The summed E-state index contributed by atoms with van der Waals surface area (Å²) in [6.07, 6.45) is -0.0315. The van der Waals surface area contributed by atoms with Crippen molar-refractivity contribution in [3.63, 3.8) is 0 Å². The monoisotopic (exact) mass is 419 g/mol. The van der Waals surface area contributed by atoms with Gasteiger partial charge in [-0.2, -0.15) is 0 Å². The highest BCUT2D eigenvalue weighted by Crippen LogP contribution is 2.36. The van der Waals surface area contributed by atoms with Crippen LogP contribution >= 0.6 is 0 Å². The van der Waals surface area contributed by atoms with E-state index in [0.717, 1.165) is 6.07 Å². The van der Waals surface area contributed by atoms with E-state index in [-0.39, 0.29) is 28.4 Å². The van der Waals surface area contributed by atoms with Crippen LogP contribution in [0.15, 0.2) is 34.1 Å². The minimum Gasteiger partial charge on any atom is -0.384 e. The fraction of sp³-hybridized carbons (Fsp3) is 0.368. The molecule has 10 heteroatoms. The topological polar surface area (TPSA) is 114 Å². The molecule has 0 unspecified atom stereocenters. The number of morpholine rings is 1. The number of hydrogen-bond acceptors (Lipinski definition) is 7. The van der Waals surface area contributed by atoms with Gasteiger partial charge in [0.25, 0.3) is 0 Å². The Morgan fingerprint density at radius 2 is 1.86 bits per heavy atom. The zero-order chi connectivity index (χ0) is 20.9. The Hall–Kier alpha value is -2.72. The normalized spacial score (nSPS) is 20.3. The van der Waals surface area contributed by atoms with Gasteiger partial charge in [0.15, 0.2) is 5.82 Å². The Bertz CT molecular complexity index is 1180. The Kier molecular flexibility index (Phi) is 4.70. The van der Waals surface area contributed by atoms with Crippen molar-refractivity contribution in [3.8, 4) is 0 Å².